The average Bonchev–Trinajstić information content (AvgIpc) is 2.32. The van der Waals surface area contributed by atoms with Gasteiger partial charge in [0.25, 0.3) is 0 Å². The van der Waals surface area contributed by atoms with Gasteiger partial charge in [0, 0.05) is 8.95 Å². The molecule has 1 aliphatic rings. The molecular weight excluding hydrogens is 412 g/mol. The Labute approximate surface area is 134 Å². The number of sulfone groups is 1. The van der Waals surface area contributed by atoms with Gasteiger partial charge in [-0.25, -0.2) is 8.42 Å². The van der Waals surface area contributed by atoms with E-state index in [4.69, 9.17) is 5.73 Å². The van der Waals surface area contributed by atoms with Crippen LogP contribution in [0.15, 0.2) is 21.1 Å². The number of nitrogens with two attached hydrogens (primary N) is 1. The average molecular weight is 426 g/mol. The third kappa shape index (κ3) is 3.35. The van der Waals surface area contributed by atoms with Gasteiger partial charge in [0.1, 0.15) is 5.25 Å². The molecule has 0 aliphatic carbocycles. The summed E-state index contributed by atoms with van der Waals surface area (Å²) in [7, 11) is -3.35. The van der Waals surface area contributed by atoms with Crippen molar-refractivity contribution in [1.82, 2.24) is 0 Å². The SMILES string of the molecule is Nc1cc(Br)cc(Br)c1NC(=O)C1CCCCS1(=O)=O. The Morgan fingerprint density at radius 2 is 2.00 bits per heavy atom. The molecule has 1 fully saturated rings. The van der Waals surface area contributed by atoms with Crippen LogP contribution in [-0.4, -0.2) is 25.3 Å². The number of hydrogen-bond donors (Lipinski definition) is 2. The van der Waals surface area contributed by atoms with Gasteiger partial charge in [-0.05, 0) is 40.9 Å². The highest BCUT2D eigenvalue weighted by atomic mass is 79.9. The normalized spacial score (nSPS) is 21.4. The lowest BCUT2D eigenvalue weighted by molar-refractivity contribution is -0.116. The van der Waals surface area contributed by atoms with Gasteiger partial charge < -0.3 is 11.1 Å². The van der Waals surface area contributed by atoms with Crippen LogP contribution in [0.1, 0.15) is 19.3 Å². The van der Waals surface area contributed by atoms with Crippen molar-refractivity contribution in [2.45, 2.75) is 24.5 Å². The number of benzene rings is 1. The minimum absolute atomic E-state index is 0.0715. The first-order valence-electron chi connectivity index (χ1n) is 6.08. The van der Waals surface area contributed by atoms with Crippen LogP contribution in [0.25, 0.3) is 0 Å². The predicted octanol–water partition coefficient (Wildman–Crippen LogP) is 2.70. The van der Waals surface area contributed by atoms with E-state index in [1.165, 1.54) is 0 Å². The molecule has 0 radical (unpaired) electrons. The molecule has 1 heterocycles. The van der Waals surface area contributed by atoms with E-state index in [1.807, 2.05) is 0 Å². The quantitative estimate of drug-likeness (QED) is 0.712. The maximum atomic E-state index is 12.2. The first-order valence-corrected chi connectivity index (χ1v) is 9.38. The van der Waals surface area contributed by atoms with Crippen molar-refractivity contribution < 1.29 is 13.2 Å². The number of nitrogens with one attached hydrogen (secondary N) is 1. The van der Waals surface area contributed by atoms with E-state index >= 15 is 0 Å². The van der Waals surface area contributed by atoms with Crippen molar-refractivity contribution in [3.05, 3.63) is 21.1 Å². The van der Waals surface area contributed by atoms with E-state index in [9.17, 15) is 13.2 Å². The van der Waals surface area contributed by atoms with E-state index in [2.05, 4.69) is 37.2 Å². The number of carbonyl (C=O) groups is 1. The fraction of sp³-hybridized carbons (Fsp3) is 0.417. The molecule has 1 atom stereocenters. The first-order chi connectivity index (χ1) is 9.31. The summed E-state index contributed by atoms with van der Waals surface area (Å²) in [6, 6.07) is 3.39. The molecule has 3 N–H and O–H groups in total. The lowest BCUT2D eigenvalue weighted by Crippen LogP contribution is -2.39. The van der Waals surface area contributed by atoms with Crippen LogP contribution in [0.5, 0.6) is 0 Å². The molecule has 20 heavy (non-hydrogen) atoms. The Bertz CT molecular complexity index is 623. The second-order valence-corrected chi connectivity index (χ2v) is 8.77. The van der Waals surface area contributed by atoms with Crippen LogP contribution in [0.4, 0.5) is 11.4 Å². The Kier molecular flexibility index (Phi) is 4.76. The molecule has 8 heteroatoms. The summed E-state index contributed by atoms with van der Waals surface area (Å²) in [5.74, 6) is -0.443. The van der Waals surface area contributed by atoms with Gasteiger partial charge in [0.05, 0.1) is 17.1 Å². The molecule has 2 rings (SSSR count). The van der Waals surface area contributed by atoms with Crippen LogP contribution < -0.4 is 11.1 Å². The largest absolute Gasteiger partial charge is 0.397 e. The van der Waals surface area contributed by atoms with E-state index in [1.54, 1.807) is 12.1 Å². The number of nitrogen functional groups attached to an aromatic ring is 1. The van der Waals surface area contributed by atoms with Crippen molar-refractivity contribution in [3.63, 3.8) is 0 Å². The van der Waals surface area contributed by atoms with Crippen LogP contribution in [0.2, 0.25) is 0 Å². The lowest BCUT2D eigenvalue weighted by Gasteiger charge is -2.22. The third-order valence-electron chi connectivity index (χ3n) is 3.20. The summed E-state index contributed by atoms with van der Waals surface area (Å²) in [4.78, 5) is 12.2. The van der Waals surface area contributed by atoms with Gasteiger partial charge in [0.15, 0.2) is 9.84 Å². The third-order valence-corrected chi connectivity index (χ3v) is 6.46. The highest BCUT2D eigenvalue weighted by molar-refractivity contribution is 9.11. The highest BCUT2D eigenvalue weighted by Crippen LogP contribution is 2.33. The van der Waals surface area contributed by atoms with Crippen LogP contribution >= 0.6 is 31.9 Å². The number of amides is 1. The zero-order chi connectivity index (χ0) is 14.9. The Morgan fingerprint density at radius 3 is 2.60 bits per heavy atom. The molecule has 0 bridgehead atoms. The van der Waals surface area contributed by atoms with Gasteiger partial charge in [-0.2, -0.15) is 0 Å². The van der Waals surface area contributed by atoms with Crippen molar-refractivity contribution >= 4 is 59.0 Å². The van der Waals surface area contributed by atoms with Gasteiger partial charge in [0.2, 0.25) is 5.91 Å². The van der Waals surface area contributed by atoms with E-state index in [0.29, 0.717) is 28.7 Å². The van der Waals surface area contributed by atoms with Crippen molar-refractivity contribution in [2.75, 3.05) is 16.8 Å². The van der Waals surface area contributed by atoms with Gasteiger partial charge in [-0.1, -0.05) is 22.4 Å². The van der Waals surface area contributed by atoms with Crippen LogP contribution in [0, 0.1) is 0 Å². The molecule has 1 aliphatic heterocycles. The second kappa shape index (κ2) is 6.03. The summed E-state index contributed by atoms with van der Waals surface area (Å²) >= 11 is 6.59. The minimum Gasteiger partial charge on any atom is -0.397 e. The topological polar surface area (TPSA) is 89.3 Å². The Hall–Kier alpha value is -0.600. The fourth-order valence-electron chi connectivity index (χ4n) is 2.18. The summed E-state index contributed by atoms with van der Waals surface area (Å²) in [5.41, 5.74) is 6.61. The number of halogens is 2. The highest BCUT2D eigenvalue weighted by Gasteiger charge is 2.35. The number of carbonyl (C=O) groups excluding carboxylic acids is 1. The minimum atomic E-state index is -3.35. The molecule has 0 aromatic heterocycles. The zero-order valence-corrected chi connectivity index (χ0v) is 14.5. The molecule has 0 saturated carbocycles. The number of hydrogen-bond acceptors (Lipinski definition) is 4. The summed E-state index contributed by atoms with van der Waals surface area (Å²) in [5, 5.41) is 1.64. The van der Waals surface area contributed by atoms with Crippen molar-refractivity contribution in [1.29, 1.82) is 0 Å². The molecule has 1 unspecified atom stereocenters. The molecule has 5 nitrogen and oxygen atoms in total. The van der Waals surface area contributed by atoms with E-state index in [0.717, 1.165) is 10.9 Å². The van der Waals surface area contributed by atoms with Gasteiger partial charge in [-0.3, -0.25) is 4.79 Å². The summed E-state index contributed by atoms with van der Waals surface area (Å²) in [6.07, 6.45) is 1.73. The van der Waals surface area contributed by atoms with Crippen molar-refractivity contribution in [3.8, 4) is 0 Å². The lowest BCUT2D eigenvalue weighted by atomic mass is 10.1. The van der Waals surface area contributed by atoms with Gasteiger partial charge in [-0.15, -0.1) is 0 Å². The molecule has 1 amide bonds. The molecule has 1 aromatic carbocycles. The molecular formula is C12H14Br2N2O3S. The van der Waals surface area contributed by atoms with Crippen LogP contribution in [0.3, 0.4) is 0 Å². The van der Waals surface area contributed by atoms with E-state index in [-0.39, 0.29) is 5.75 Å². The fourth-order valence-corrected chi connectivity index (χ4v) is 5.34. The van der Waals surface area contributed by atoms with Gasteiger partial charge >= 0.3 is 0 Å². The molecule has 1 aromatic rings. The monoisotopic (exact) mass is 424 g/mol. The van der Waals surface area contributed by atoms with Crippen LogP contribution in [-0.2, 0) is 14.6 Å². The summed E-state index contributed by atoms with van der Waals surface area (Å²) in [6.45, 7) is 0. The smallest absolute Gasteiger partial charge is 0.242 e. The van der Waals surface area contributed by atoms with E-state index < -0.39 is 21.0 Å². The standard InChI is InChI=1S/C12H14Br2N2O3S/c13-7-5-8(14)11(9(15)6-7)16-12(17)10-3-1-2-4-20(10,18)19/h5-6,10H,1-4,15H2,(H,16,17). The number of rotatable bonds is 2. The summed E-state index contributed by atoms with van der Waals surface area (Å²) < 4.78 is 25.2. The molecule has 1 saturated heterocycles. The molecule has 0 spiro atoms. The van der Waals surface area contributed by atoms with Crippen molar-refractivity contribution in [2.24, 2.45) is 0 Å². The maximum Gasteiger partial charge on any atom is 0.242 e. The number of anilines is 2. The Balaban J connectivity index is 2.24. The zero-order valence-electron chi connectivity index (χ0n) is 10.5. The maximum absolute atomic E-state index is 12.2. The first kappa shape index (κ1) is 15.8. The predicted molar refractivity (Wildman–Crippen MR) is 86.3 cm³/mol. The molecule has 110 valence electrons. The second-order valence-electron chi connectivity index (χ2n) is 4.69. The Morgan fingerprint density at radius 1 is 1.30 bits per heavy atom.